The molecule has 1 N–H and O–H groups in total. The highest BCUT2D eigenvalue weighted by atomic mass is 35.5. The summed E-state index contributed by atoms with van der Waals surface area (Å²) in [6.45, 7) is 3.86. The molecule has 1 atom stereocenters. The number of carboxylic acids is 1. The molecule has 3 nitrogen and oxygen atoms in total. The van der Waals surface area contributed by atoms with Crippen molar-refractivity contribution in [1.29, 1.82) is 0 Å². The van der Waals surface area contributed by atoms with E-state index in [0.29, 0.717) is 0 Å². The zero-order valence-electron chi connectivity index (χ0n) is 14.0. The quantitative estimate of drug-likeness (QED) is 0.563. The Morgan fingerprint density at radius 1 is 1.17 bits per heavy atom. The minimum atomic E-state index is -0.808. The maximum absolute atomic E-state index is 10.9. The van der Waals surface area contributed by atoms with Gasteiger partial charge in [-0.2, -0.15) is 0 Å². The van der Waals surface area contributed by atoms with Gasteiger partial charge in [-0.05, 0) is 41.8 Å². The second-order valence-electron chi connectivity index (χ2n) is 5.43. The van der Waals surface area contributed by atoms with E-state index >= 15 is 0 Å². The summed E-state index contributed by atoms with van der Waals surface area (Å²) in [7, 11) is 1.63. The molecule has 4 heteroatoms. The molecule has 0 aliphatic heterocycles. The molecule has 1 unspecified atom stereocenters. The largest absolute Gasteiger partial charge is 0.497 e. The summed E-state index contributed by atoms with van der Waals surface area (Å²) >= 11 is 5.38. The second-order valence-corrected chi connectivity index (χ2v) is 5.81. The van der Waals surface area contributed by atoms with Gasteiger partial charge in [0.25, 0.3) is 0 Å². The average molecular weight is 337 g/mol. The standard InChI is InChI=1S/C14H14O3.C5H11Cl/c1-9(14(15)16)10-3-4-12-8-13(17-2)6-5-11(12)7-10;1-2-3-4-5-6/h3-9H,1-2H3,(H,15,16);2-5H2,1H3. The summed E-state index contributed by atoms with van der Waals surface area (Å²) in [5.41, 5.74) is 0.815. The van der Waals surface area contributed by atoms with Crippen LogP contribution in [0.1, 0.15) is 44.6 Å². The highest BCUT2D eigenvalue weighted by molar-refractivity contribution is 6.17. The van der Waals surface area contributed by atoms with Crippen molar-refractivity contribution in [3.05, 3.63) is 42.0 Å². The Morgan fingerprint density at radius 3 is 2.35 bits per heavy atom. The molecule has 0 aromatic heterocycles. The smallest absolute Gasteiger partial charge is 0.310 e. The third-order valence-electron chi connectivity index (χ3n) is 3.68. The van der Waals surface area contributed by atoms with Crippen molar-refractivity contribution in [1.82, 2.24) is 0 Å². The minimum Gasteiger partial charge on any atom is -0.497 e. The monoisotopic (exact) mass is 336 g/mol. The van der Waals surface area contributed by atoms with E-state index < -0.39 is 11.9 Å². The molecule has 0 aliphatic carbocycles. The van der Waals surface area contributed by atoms with Gasteiger partial charge in [0.2, 0.25) is 0 Å². The van der Waals surface area contributed by atoms with E-state index in [0.717, 1.165) is 28.0 Å². The molecule has 126 valence electrons. The number of alkyl halides is 1. The van der Waals surface area contributed by atoms with Crippen LogP contribution in [0.25, 0.3) is 10.8 Å². The molecular weight excluding hydrogens is 312 g/mol. The Labute approximate surface area is 143 Å². The maximum atomic E-state index is 10.9. The lowest BCUT2D eigenvalue weighted by molar-refractivity contribution is -0.138. The highest BCUT2D eigenvalue weighted by Gasteiger charge is 2.13. The Hall–Kier alpha value is -1.74. The number of hydrogen-bond donors (Lipinski definition) is 1. The second kappa shape index (κ2) is 10.1. The van der Waals surface area contributed by atoms with Gasteiger partial charge in [-0.1, -0.05) is 44.0 Å². The van der Waals surface area contributed by atoms with Crippen LogP contribution in [0.4, 0.5) is 0 Å². The lowest BCUT2D eigenvalue weighted by Crippen LogP contribution is -2.06. The summed E-state index contributed by atoms with van der Waals surface area (Å²) in [6, 6.07) is 11.4. The molecule has 0 heterocycles. The first kappa shape index (κ1) is 19.3. The molecule has 0 fully saturated rings. The summed E-state index contributed by atoms with van der Waals surface area (Å²) in [5.74, 6) is 0.337. The molecule has 0 aliphatic rings. The average Bonchev–Trinajstić information content (AvgIpc) is 2.58. The van der Waals surface area contributed by atoms with Crippen molar-refractivity contribution in [3.63, 3.8) is 0 Å². The highest BCUT2D eigenvalue weighted by Crippen LogP contribution is 2.25. The Kier molecular flexibility index (Phi) is 8.49. The van der Waals surface area contributed by atoms with Gasteiger partial charge in [0, 0.05) is 5.88 Å². The van der Waals surface area contributed by atoms with Crippen molar-refractivity contribution in [2.24, 2.45) is 0 Å². The van der Waals surface area contributed by atoms with Crippen molar-refractivity contribution in [2.75, 3.05) is 13.0 Å². The Morgan fingerprint density at radius 2 is 1.83 bits per heavy atom. The van der Waals surface area contributed by atoms with Gasteiger partial charge >= 0.3 is 5.97 Å². The molecule has 0 amide bonds. The van der Waals surface area contributed by atoms with E-state index in [1.165, 1.54) is 19.3 Å². The van der Waals surface area contributed by atoms with E-state index in [4.69, 9.17) is 21.4 Å². The number of aliphatic carboxylic acids is 1. The van der Waals surface area contributed by atoms with Crippen LogP contribution in [0.3, 0.4) is 0 Å². The molecule has 0 saturated carbocycles. The minimum absolute atomic E-state index is 0.485. The molecular formula is C19H25ClO3. The van der Waals surface area contributed by atoms with Gasteiger partial charge in [-0.25, -0.2) is 0 Å². The lowest BCUT2D eigenvalue weighted by atomic mass is 9.98. The van der Waals surface area contributed by atoms with Gasteiger partial charge in [0.1, 0.15) is 5.75 Å². The van der Waals surface area contributed by atoms with Crippen LogP contribution in [0.5, 0.6) is 5.75 Å². The van der Waals surface area contributed by atoms with Gasteiger partial charge in [0.15, 0.2) is 0 Å². The normalized spacial score (nSPS) is 11.5. The molecule has 23 heavy (non-hydrogen) atoms. The summed E-state index contributed by atoms with van der Waals surface area (Å²) in [5, 5.41) is 11.0. The first-order valence-electron chi connectivity index (χ1n) is 7.90. The number of carbonyl (C=O) groups is 1. The predicted molar refractivity (Wildman–Crippen MR) is 96.8 cm³/mol. The molecule has 2 aromatic carbocycles. The lowest BCUT2D eigenvalue weighted by Gasteiger charge is -2.08. The van der Waals surface area contributed by atoms with E-state index in [-0.39, 0.29) is 0 Å². The van der Waals surface area contributed by atoms with Gasteiger partial charge in [-0.3, -0.25) is 4.79 Å². The number of benzene rings is 2. The number of carboxylic acid groups (broad SMARTS) is 1. The fourth-order valence-corrected chi connectivity index (χ4v) is 2.31. The van der Waals surface area contributed by atoms with Crippen LogP contribution in [0.2, 0.25) is 0 Å². The fourth-order valence-electron chi connectivity index (χ4n) is 2.13. The van der Waals surface area contributed by atoms with Crippen LogP contribution in [0, 0.1) is 0 Å². The number of hydrogen-bond acceptors (Lipinski definition) is 2. The number of methoxy groups -OCH3 is 1. The van der Waals surface area contributed by atoms with Crippen LogP contribution in [-0.2, 0) is 4.79 Å². The summed E-state index contributed by atoms with van der Waals surface area (Å²) < 4.78 is 5.14. The van der Waals surface area contributed by atoms with E-state index in [1.54, 1.807) is 14.0 Å². The van der Waals surface area contributed by atoms with Crippen LogP contribution in [-0.4, -0.2) is 24.1 Å². The summed E-state index contributed by atoms with van der Waals surface area (Å²) in [4.78, 5) is 10.9. The molecule has 2 aromatic rings. The molecule has 0 bridgehead atoms. The van der Waals surface area contributed by atoms with Crippen LogP contribution < -0.4 is 4.74 Å². The van der Waals surface area contributed by atoms with Crippen molar-refractivity contribution in [2.45, 2.75) is 39.0 Å². The molecule has 0 spiro atoms. The number of rotatable bonds is 6. The van der Waals surface area contributed by atoms with Gasteiger partial charge in [-0.15, -0.1) is 11.6 Å². The third-order valence-corrected chi connectivity index (χ3v) is 3.95. The van der Waals surface area contributed by atoms with Crippen LogP contribution in [0.15, 0.2) is 36.4 Å². The molecule has 0 saturated heterocycles. The van der Waals surface area contributed by atoms with Crippen molar-refractivity contribution in [3.8, 4) is 5.75 Å². The van der Waals surface area contributed by atoms with Gasteiger partial charge < -0.3 is 9.84 Å². The predicted octanol–water partition coefficient (Wildman–Crippen LogP) is 5.45. The topological polar surface area (TPSA) is 46.5 Å². The molecule has 0 radical (unpaired) electrons. The number of ether oxygens (including phenoxy) is 1. The fraction of sp³-hybridized carbons (Fsp3) is 0.421. The van der Waals surface area contributed by atoms with E-state index in [9.17, 15) is 4.79 Å². The SMILES string of the molecule is CCCCCCl.COc1ccc2cc(C(C)C(=O)O)ccc2c1. The van der Waals surface area contributed by atoms with Crippen molar-refractivity contribution < 1.29 is 14.6 Å². The Bertz CT molecular complexity index is 621. The zero-order chi connectivity index (χ0) is 17.2. The number of fused-ring (bicyclic) bond motifs is 1. The Balaban J connectivity index is 0.000000379. The first-order valence-corrected chi connectivity index (χ1v) is 8.43. The third kappa shape index (κ3) is 6.11. The number of unbranched alkanes of at least 4 members (excludes halogenated alkanes) is 2. The van der Waals surface area contributed by atoms with E-state index in [1.807, 2.05) is 36.4 Å². The number of halogens is 1. The zero-order valence-corrected chi connectivity index (χ0v) is 14.8. The van der Waals surface area contributed by atoms with Crippen LogP contribution >= 0.6 is 11.6 Å². The van der Waals surface area contributed by atoms with E-state index in [2.05, 4.69) is 6.92 Å². The maximum Gasteiger partial charge on any atom is 0.310 e. The first-order chi connectivity index (χ1) is 11.0. The van der Waals surface area contributed by atoms with Crippen molar-refractivity contribution >= 4 is 28.3 Å². The summed E-state index contributed by atoms with van der Waals surface area (Å²) in [6.07, 6.45) is 3.73. The van der Waals surface area contributed by atoms with Gasteiger partial charge in [0.05, 0.1) is 13.0 Å². The molecule has 2 rings (SSSR count).